The van der Waals surface area contributed by atoms with Crippen molar-refractivity contribution in [2.75, 3.05) is 13.2 Å². The molecule has 0 saturated carbocycles. The van der Waals surface area contributed by atoms with Crippen LogP contribution >= 0.6 is 0 Å². The summed E-state index contributed by atoms with van der Waals surface area (Å²) >= 11 is 0. The molecule has 0 heterocycles. The van der Waals surface area contributed by atoms with E-state index in [-0.39, 0.29) is 25.4 Å². The second-order valence-corrected chi connectivity index (χ2v) is 3.62. The first-order chi connectivity index (χ1) is 9.08. The Kier molecular flexibility index (Phi) is 5.44. The third kappa shape index (κ3) is 4.37. The molecule has 0 bridgehead atoms. The zero-order valence-electron chi connectivity index (χ0n) is 10.4. The molecular weight excluding hydrogens is 250 g/mol. The molecule has 19 heavy (non-hydrogen) atoms. The first kappa shape index (κ1) is 14.6. The summed E-state index contributed by atoms with van der Waals surface area (Å²) in [6, 6.07) is 6.00. The normalized spacial score (nSPS) is 9.68. The quantitative estimate of drug-likeness (QED) is 0.468. The van der Waals surface area contributed by atoms with Gasteiger partial charge in [-0.25, -0.2) is 0 Å². The van der Waals surface area contributed by atoms with Gasteiger partial charge in [0.25, 0.3) is 5.69 Å². The van der Waals surface area contributed by atoms with Crippen molar-refractivity contribution in [1.82, 2.24) is 5.32 Å². The number of nitrogens with one attached hydrogen (secondary N) is 1. The van der Waals surface area contributed by atoms with Gasteiger partial charge in [-0.3, -0.25) is 14.9 Å². The van der Waals surface area contributed by atoms with Gasteiger partial charge in [0, 0.05) is 18.2 Å². The van der Waals surface area contributed by atoms with Gasteiger partial charge < -0.3 is 10.1 Å². The van der Waals surface area contributed by atoms with Gasteiger partial charge in [-0.15, -0.1) is 0 Å². The van der Waals surface area contributed by atoms with Crippen LogP contribution in [0.2, 0.25) is 0 Å². The highest BCUT2D eigenvalue weighted by atomic mass is 16.6. The Hall–Kier alpha value is -2.46. The standard InChI is InChI=1S/C12H13N3O4/c1-2-19-12(16)8-14-7-10-5-9(6-13)3-4-11(10)15(17)18/h3-5,14H,2,7-8H2,1H3. The zero-order chi connectivity index (χ0) is 14.3. The highest BCUT2D eigenvalue weighted by molar-refractivity contribution is 5.71. The number of benzene rings is 1. The number of rotatable bonds is 6. The lowest BCUT2D eigenvalue weighted by molar-refractivity contribution is -0.385. The first-order valence-electron chi connectivity index (χ1n) is 5.62. The van der Waals surface area contributed by atoms with E-state index in [1.807, 2.05) is 6.07 Å². The van der Waals surface area contributed by atoms with E-state index in [2.05, 4.69) is 5.32 Å². The molecule has 0 aliphatic rings. The number of hydrogen-bond donors (Lipinski definition) is 1. The summed E-state index contributed by atoms with van der Waals surface area (Å²) in [7, 11) is 0. The molecule has 7 nitrogen and oxygen atoms in total. The van der Waals surface area contributed by atoms with Gasteiger partial charge in [-0.1, -0.05) is 0 Å². The van der Waals surface area contributed by atoms with Crippen molar-refractivity contribution in [3.63, 3.8) is 0 Å². The molecule has 0 radical (unpaired) electrons. The number of carbonyl (C=O) groups excluding carboxylic acids is 1. The van der Waals surface area contributed by atoms with Crippen LogP contribution in [0.3, 0.4) is 0 Å². The topological polar surface area (TPSA) is 105 Å². The molecule has 1 N–H and O–H groups in total. The van der Waals surface area contributed by atoms with Gasteiger partial charge in [0.2, 0.25) is 0 Å². The number of esters is 1. The third-order valence-electron chi connectivity index (χ3n) is 2.30. The Morgan fingerprint density at radius 3 is 2.89 bits per heavy atom. The second kappa shape index (κ2) is 7.08. The summed E-state index contributed by atoms with van der Waals surface area (Å²) in [5.74, 6) is -0.429. The van der Waals surface area contributed by atoms with Crippen LogP contribution in [0, 0.1) is 21.4 Å². The van der Waals surface area contributed by atoms with Gasteiger partial charge in [-0.2, -0.15) is 5.26 Å². The van der Waals surface area contributed by atoms with Gasteiger partial charge in [0.1, 0.15) is 0 Å². The lowest BCUT2D eigenvalue weighted by Gasteiger charge is -2.06. The van der Waals surface area contributed by atoms with Crippen LogP contribution in [0.25, 0.3) is 0 Å². The van der Waals surface area contributed by atoms with Crippen molar-refractivity contribution in [3.8, 4) is 6.07 Å². The number of nitro groups is 1. The van der Waals surface area contributed by atoms with E-state index in [1.54, 1.807) is 6.92 Å². The van der Waals surface area contributed by atoms with Crippen molar-refractivity contribution in [2.45, 2.75) is 13.5 Å². The number of hydrogen-bond acceptors (Lipinski definition) is 6. The van der Waals surface area contributed by atoms with E-state index < -0.39 is 10.9 Å². The van der Waals surface area contributed by atoms with Crippen LogP contribution in [-0.2, 0) is 16.1 Å². The van der Waals surface area contributed by atoms with Crippen LogP contribution in [0.4, 0.5) is 5.69 Å². The minimum Gasteiger partial charge on any atom is -0.465 e. The fraction of sp³-hybridized carbons (Fsp3) is 0.333. The number of carbonyl (C=O) groups is 1. The van der Waals surface area contributed by atoms with E-state index in [0.717, 1.165) is 0 Å². The SMILES string of the molecule is CCOC(=O)CNCc1cc(C#N)ccc1[N+](=O)[O-]. The molecule has 1 aromatic carbocycles. The Bertz CT molecular complexity index is 522. The zero-order valence-corrected chi connectivity index (χ0v) is 10.4. The Morgan fingerprint density at radius 2 is 2.32 bits per heavy atom. The van der Waals surface area contributed by atoms with Crippen LogP contribution in [0.5, 0.6) is 0 Å². The second-order valence-electron chi connectivity index (χ2n) is 3.62. The van der Waals surface area contributed by atoms with Crippen molar-refractivity contribution in [3.05, 3.63) is 39.4 Å². The Balaban J connectivity index is 2.73. The number of nitro benzene ring substituents is 1. The fourth-order valence-electron chi connectivity index (χ4n) is 1.49. The molecule has 7 heteroatoms. The van der Waals surface area contributed by atoms with E-state index >= 15 is 0 Å². The average Bonchev–Trinajstić information content (AvgIpc) is 2.38. The molecule has 0 aliphatic heterocycles. The van der Waals surface area contributed by atoms with E-state index in [4.69, 9.17) is 10.00 Å². The van der Waals surface area contributed by atoms with Crippen molar-refractivity contribution in [2.24, 2.45) is 0 Å². The first-order valence-corrected chi connectivity index (χ1v) is 5.62. The summed E-state index contributed by atoms with van der Waals surface area (Å²) in [6.45, 7) is 2.05. The number of nitrogens with zero attached hydrogens (tertiary/aromatic N) is 2. The fourth-order valence-corrected chi connectivity index (χ4v) is 1.49. The molecule has 1 aromatic rings. The van der Waals surface area contributed by atoms with E-state index in [9.17, 15) is 14.9 Å². The lowest BCUT2D eigenvalue weighted by Crippen LogP contribution is -2.24. The lowest BCUT2D eigenvalue weighted by atomic mass is 10.1. The highest BCUT2D eigenvalue weighted by Gasteiger charge is 2.14. The maximum absolute atomic E-state index is 11.1. The maximum Gasteiger partial charge on any atom is 0.319 e. The monoisotopic (exact) mass is 263 g/mol. The van der Waals surface area contributed by atoms with E-state index in [0.29, 0.717) is 11.1 Å². The number of nitriles is 1. The summed E-state index contributed by atoms with van der Waals surface area (Å²) in [5.41, 5.74) is 0.599. The summed E-state index contributed by atoms with van der Waals surface area (Å²) in [5, 5.41) is 22.3. The molecule has 0 aromatic heterocycles. The molecule has 1 rings (SSSR count). The van der Waals surface area contributed by atoms with Crippen LogP contribution < -0.4 is 5.32 Å². The Morgan fingerprint density at radius 1 is 1.58 bits per heavy atom. The molecule has 0 atom stereocenters. The minimum atomic E-state index is -0.525. The predicted octanol–water partition coefficient (Wildman–Crippen LogP) is 1.12. The molecule has 0 amide bonds. The largest absolute Gasteiger partial charge is 0.465 e. The maximum atomic E-state index is 11.1. The molecule has 100 valence electrons. The summed E-state index contributed by atoms with van der Waals surface area (Å²) in [4.78, 5) is 21.4. The van der Waals surface area contributed by atoms with Crippen LogP contribution in [0.1, 0.15) is 18.1 Å². The smallest absolute Gasteiger partial charge is 0.319 e. The van der Waals surface area contributed by atoms with Gasteiger partial charge >= 0.3 is 5.97 Å². The van der Waals surface area contributed by atoms with E-state index in [1.165, 1.54) is 18.2 Å². The molecule has 0 spiro atoms. The van der Waals surface area contributed by atoms with Crippen molar-refractivity contribution in [1.29, 1.82) is 5.26 Å². The molecular formula is C12H13N3O4. The minimum absolute atomic E-state index is 0.0399. The molecule has 0 aliphatic carbocycles. The van der Waals surface area contributed by atoms with Gasteiger partial charge in [0.05, 0.1) is 29.7 Å². The molecule has 0 saturated heterocycles. The number of ether oxygens (including phenoxy) is 1. The Labute approximate surface area is 109 Å². The molecule has 0 fully saturated rings. The van der Waals surface area contributed by atoms with Crippen molar-refractivity contribution < 1.29 is 14.5 Å². The predicted molar refractivity (Wildman–Crippen MR) is 66.2 cm³/mol. The van der Waals surface area contributed by atoms with Gasteiger partial charge in [-0.05, 0) is 19.1 Å². The average molecular weight is 263 g/mol. The van der Waals surface area contributed by atoms with Crippen molar-refractivity contribution >= 4 is 11.7 Å². The molecule has 0 unspecified atom stereocenters. The third-order valence-corrected chi connectivity index (χ3v) is 2.30. The summed E-state index contributed by atoms with van der Waals surface area (Å²) < 4.78 is 4.71. The summed E-state index contributed by atoms with van der Waals surface area (Å²) in [6.07, 6.45) is 0. The van der Waals surface area contributed by atoms with Crippen LogP contribution in [0.15, 0.2) is 18.2 Å². The van der Waals surface area contributed by atoms with Gasteiger partial charge in [0.15, 0.2) is 0 Å². The van der Waals surface area contributed by atoms with Crippen LogP contribution in [-0.4, -0.2) is 24.0 Å². The highest BCUT2D eigenvalue weighted by Crippen LogP contribution is 2.19.